The molecular weight excluding hydrogens is 357 g/mol. The minimum Gasteiger partial charge on any atom is -0.462 e. The van der Waals surface area contributed by atoms with E-state index in [-0.39, 0.29) is 12.3 Å². The summed E-state index contributed by atoms with van der Waals surface area (Å²) < 4.78 is 44.9. The van der Waals surface area contributed by atoms with E-state index in [1.807, 2.05) is 31.2 Å². The van der Waals surface area contributed by atoms with Crippen LogP contribution in [0.15, 0.2) is 42.5 Å². The zero-order valence-electron chi connectivity index (χ0n) is 14.8. The van der Waals surface area contributed by atoms with E-state index in [1.54, 1.807) is 12.1 Å². The molecule has 4 nitrogen and oxygen atoms in total. The third-order valence-corrected chi connectivity index (χ3v) is 4.13. The van der Waals surface area contributed by atoms with E-state index < -0.39 is 23.4 Å². The lowest BCUT2D eigenvalue weighted by Crippen LogP contribution is -2.17. The molecule has 0 spiro atoms. The molecule has 140 valence electrons. The number of nitrogens with zero attached hydrogens (tertiary/aromatic N) is 2. The lowest BCUT2D eigenvalue weighted by atomic mass is 10.0. The number of pyridine rings is 2. The normalized spacial score (nSPS) is 11.6. The fourth-order valence-corrected chi connectivity index (χ4v) is 2.77. The second-order valence-corrected chi connectivity index (χ2v) is 6.06. The Bertz CT molecular complexity index is 1000. The van der Waals surface area contributed by atoms with Crippen molar-refractivity contribution in [2.75, 3.05) is 6.61 Å². The van der Waals surface area contributed by atoms with Crippen LogP contribution in [-0.2, 0) is 17.3 Å². The molecule has 0 saturated carbocycles. The van der Waals surface area contributed by atoms with Gasteiger partial charge in [0.1, 0.15) is 0 Å². The number of hydrogen-bond donors (Lipinski definition) is 0. The largest absolute Gasteiger partial charge is 0.462 e. The van der Waals surface area contributed by atoms with E-state index in [1.165, 1.54) is 6.92 Å². The molecule has 7 heteroatoms. The van der Waals surface area contributed by atoms with E-state index in [0.29, 0.717) is 17.5 Å². The molecule has 0 unspecified atom stereocenters. The average Bonchev–Trinajstić information content (AvgIpc) is 2.62. The summed E-state index contributed by atoms with van der Waals surface area (Å²) in [6.07, 6.45) is -4.31. The molecule has 3 rings (SSSR count). The number of esters is 1. The van der Waals surface area contributed by atoms with Crippen molar-refractivity contribution in [3.63, 3.8) is 0 Å². The number of carbonyl (C=O) groups excluding carboxylic acids is 1. The summed E-state index contributed by atoms with van der Waals surface area (Å²) >= 11 is 0. The molecule has 1 aromatic carbocycles. The highest BCUT2D eigenvalue weighted by Gasteiger charge is 2.38. The van der Waals surface area contributed by atoms with Crippen LogP contribution in [-0.4, -0.2) is 22.5 Å². The molecule has 2 heterocycles. The zero-order chi connectivity index (χ0) is 19.6. The van der Waals surface area contributed by atoms with Gasteiger partial charge in [-0.05, 0) is 43.2 Å². The summed E-state index contributed by atoms with van der Waals surface area (Å²) in [7, 11) is 0. The van der Waals surface area contributed by atoms with Gasteiger partial charge in [-0.25, -0.2) is 14.8 Å². The number of hydrogen-bond acceptors (Lipinski definition) is 4. The maximum atomic E-state index is 13.4. The number of carbonyl (C=O) groups is 1. The van der Waals surface area contributed by atoms with Gasteiger partial charge in [-0.3, -0.25) is 0 Å². The number of alkyl halides is 3. The number of benzene rings is 1. The predicted octanol–water partition coefficient (Wildman–Crippen LogP) is 4.72. The Kier molecular flexibility index (Phi) is 5.12. The van der Waals surface area contributed by atoms with E-state index in [9.17, 15) is 18.0 Å². The minimum absolute atomic E-state index is 0.0260. The Morgan fingerprint density at radius 2 is 1.85 bits per heavy atom. The van der Waals surface area contributed by atoms with Gasteiger partial charge in [-0.2, -0.15) is 13.2 Å². The molecule has 0 N–H and O–H groups in total. The Labute approximate surface area is 154 Å². The molecule has 3 aromatic rings. The van der Waals surface area contributed by atoms with Crippen molar-refractivity contribution in [2.45, 2.75) is 26.4 Å². The molecule has 0 bridgehead atoms. The van der Waals surface area contributed by atoms with Crippen LogP contribution in [0.5, 0.6) is 0 Å². The summed E-state index contributed by atoms with van der Waals surface area (Å²) in [4.78, 5) is 19.8. The highest BCUT2D eigenvalue weighted by Crippen LogP contribution is 2.32. The fraction of sp³-hybridized carbons (Fsp3) is 0.250. The van der Waals surface area contributed by atoms with Crippen molar-refractivity contribution < 1.29 is 22.7 Å². The van der Waals surface area contributed by atoms with Crippen molar-refractivity contribution in [3.05, 3.63) is 70.5 Å². The molecule has 0 radical (unpaired) electrons. The van der Waals surface area contributed by atoms with Gasteiger partial charge in [0.25, 0.3) is 0 Å². The van der Waals surface area contributed by atoms with E-state index in [0.717, 1.165) is 17.2 Å². The summed E-state index contributed by atoms with van der Waals surface area (Å²) in [5.74, 6) is -1.05. The minimum atomic E-state index is -4.79. The first kappa shape index (κ1) is 18.8. The first-order valence-corrected chi connectivity index (χ1v) is 8.39. The molecule has 27 heavy (non-hydrogen) atoms. The highest BCUT2D eigenvalue weighted by molar-refractivity contribution is 5.94. The van der Waals surface area contributed by atoms with Gasteiger partial charge in [0.2, 0.25) is 0 Å². The molecule has 0 atom stereocenters. The van der Waals surface area contributed by atoms with Crippen LogP contribution in [0.3, 0.4) is 0 Å². The van der Waals surface area contributed by atoms with Gasteiger partial charge < -0.3 is 4.74 Å². The summed E-state index contributed by atoms with van der Waals surface area (Å²) in [5.41, 5.74) is 0.756. The Morgan fingerprint density at radius 3 is 2.52 bits per heavy atom. The Hall–Kier alpha value is -2.96. The molecule has 0 aliphatic heterocycles. The number of rotatable bonds is 4. The number of halogens is 3. The van der Waals surface area contributed by atoms with Gasteiger partial charge in [0.05, 0.1) is 12.2 Å². The van der Waals surface area contributed by atoms with Crippen LogP contribution in [0.1, 0.15) is 39.8 Å². The quantitative estimate of drug-likeness (QED) is 0.620. The van der Waals surface area contributed by atoms with Gasteiger partial charge >= 0.3 is 12.1 Å². The molecule has 2 aromatic heterocycles. The van der Waals surface area contributed by atoms with Crippen molar-refractivity contribution in [1.82, 2.24) is 9.97 Å². The van der Waals surface area contributed by atoms with Crippen LogP contribution in [0.25, 0.3) is 11.0 Å². The van der Waals surface area contributed by atoms with Crippen LogP contribution in [0, 0.1) is 6.92 Å². The molecule has 0 aliphatic carbocycles. The molecule has 0 amide bonds. The standard InChI is InChI=1S/C20H17F3N2O2/c1-3-27-19(26)16-11-14-8-9-15(10-13-7-5-4-6-12(13)2)24-18(14)25-17(16)20(21,22)23/h4-9,11H,3,10H2,1-2H3. The lowest BCUT2D eigenvalue weighted by molar-refractivity contribution is -0.141. The predicted molar refractivity (Wildman–Crippen MR) is 94.5 cm³/mol. The van der Waals surface area contributed by atoms with E-state index in [2.05, 4.69) is 9.97 Å². The van der Waals surface area contributed by atoms with Gasteiger partial charge in [0, 0.05) is 17.5 Å². The van der Waals surface area contributed by atoms with Crippen molar-refractivity contribution in [3.8, 4) is 0 Å². The zero-order valence-corrected chi connectivity index (χ0v) is 14.8. The maximum Gasteiger partial charge on any atom is 0.434 e. The van der Waals surface area contributed by atoms with Gasteiger partial charge in [-0.15, -0.1) is 0 Å². The first-order valence-electron chi connectivity index (χ1n) is 8.39. The molecule has 0 fully saturated rings. The smallest absolute Gasteiger partial charge is 0.434 e. The monoisotopic (exact) mass is 374 g/mol. The number of ether oxygens (including phenoxy) is 1. The van der Waals surface area contributed by atoms with Crippen molar-refractivity contribution in [1.29, 1.82) is 0 Å². The maximum absolute atomic E-state index is 13.4. The van der Waals surface area contributed by atoms with Crippen LogP contribution in [0.2, 0.25) is 0 Å². The summed E-state index contributed by atoms with van der Waals surface area (Å²) in [6, 6.07) is 12.2. The van der Waals surface area contributed by atoms with E-state index >= 15 is 0 Å². The Morgan fingerprint density at radius 1 is 1.11 bits per heavy atom. The van der Waals surface area contributed by atoms with E-state index in [4.69, 9.17) is 4.74 Å². The highest BCUT2D eigenvalue weighted by atomic mass is 19.4. The van der Waals surface area contributed by atoms with Crippen molar-refractivity contribution in [2.24, 2.45) is 0 Å². The second-order valence-electron chi connectivity index (χ2n) is 6.06. The Balaban J connectivity index is 2.07. The lowest BCUT2D eigenvalue weighted by Gasteiger charge is -2.13. The van der Waals surface area contributed by atoms with Crippen LogP contribution in [0.4, 0.5) is 13.2 Å². The summed E-state index contributed by atoms with van der Waals surface area (Å²) in [6.45, 7) is 3.46. The van der Waals surface area contributed by atoms with Gasteiger partial charge in [-0.1, -0.05) is 24.3 Å². The third-order valence-electron chi connectivity index (χ3n) is 4.13. The van der Waals surface area contributed by atoms with Gasteiger partial charge in [0.15, 0.2) is 11.3 Å². The average molecular weight is 374 g/mol. The van der Waals surface area contributed by atoms with Crippen molar-refractivity contribution >= 4 is 17.0 Å². The van der Waals surface area contributed by atoms with Crippen LogP contribution < -0.4 is 0 Å². The molecule has 0 saturated heterocycles. The molecular formula is C20H17F3N2O2. The topological polar surface area (TPSA) is 52.1 Å². The fourth-order valence-electron chi connectivity index (χ4n) is 2.77. The second kappa shape index (κ2) is 7.34. The third kappa shape index (κ3) is 4.07. The number of aromatic nitrogens is 2. The first-order chi connectivity index (χ1) is 12.8. The number of fused-ring (bicyclic) bond motifs is 1. The number of aryl methyl sites for hydroxylation is 1. The van der Waals surface area contributed by atoms with Crippen LogP contribution >= 0.6 is 0 Å². The summed E-state index contributed by atoms with van der Waals surface area (Å²) in [5, 5.41) is 0.347. The molecule has 0 aliphatic rings. The SMILES string of the molecule is CCOC(=O)c1cc2ccc(Cc3ccccc3C)nc2nc1C(F)(F)F.